The Labute approximate surface area is 167 Å². The number of rotatable bonds is 9. The van der Waals surface area contributed by atoms with Crippen molar-refractivity contribution < 1.29 is 22.7 Å². The first-order chi connectivity index (χ1) is 12.9. The molecule has 2 rings (SSSR count). The lowest BCUT2D eigenvalue weighted by atomic mass is 10.2. The van der Waals surface area contributed by atoms with Gasteiger partial charge in [0, 0.05) is 10.0 Å². The van der Waals surface area contributed by atoms with E-state index in [1.54, 1.807) is 18.2 Å². The molecule has 7 nitrogen and oxygen atoms in total. The molecule has 0 spiro atoms. The van der Waals surface area contributed by atoms with Crippen molar-refractivity contribution in [3.8, 4) is 11.5 Å². The lowest BCUT2D eigenvalue weighted by molar-refractivity contribution is 0.0944. The Bertz CT molecular complexity index is 902. The lowest BCUT2D eigenvalue weighted by Gasteiger charge is -2.12. The van der Waals surface area contributed by atoms with Gasteiger partial charge in [-0.15, -0.1) is 4.83 Å². The van der Waals surface area contributed by atoms with Crippen molar-refractivity contribution in [2.45, 2.75) is 24.7 Å². The van der Waals surface area contributed by atoms with Crippen LogP contribution < -0.4 is 19.7 Å². The third-order valence-electron chi connectivity index (χ3n) is 3.59. The molecule has 146 valence electrons. The molecule has 0 unspecified atom stereocenters. The first-order valence-electron chi connectivity index (χ1n) is 8.26. The zero-order chi connectivity index (χ0) is 19.9. The van der Waals surface area contributed by atoms with Crippen molar-refractivity contribution in [3.05, 3.63) is 52.5 Å². The van der Waals surface area contributed by atoms with Crippen LogP contribution in [0.2, 0.25) is 0 Å². The van der Waals surface area contributed by atoms with Crippen molar-refractivity contribution in [3.63, 3.8) is 0 Å². The Hall–Kier alpha value is -2.10. The summed E-state index contributed by atoms with van der Waals surface area (Å²) in [5.41, 5.74) is 2.42. The zero-order valence-corrected chi connectivity index (χ0v) is 17.4. The molecule has 1 amide bonds. The third kappa shape index (κ3) is 5.95. The van der Waals surface area contributed by atoms with Crippen LogP contribution in [-0.2, 0) is 10.0 Å². The van der Waals surface area contributed by atoms with Crippen LogP contribution >= 0.6 is 15.9 Å². The van der Waals surface area contributed by atoms with Crippen LogP contribution in [0.25, 0.3) is 0 Å². The number of ether oxygens (including phenoxy) is 2. The summed E-state index contributed by atoms with van der Waals surface area (Å²) in [7, 11) is -2.42. The number of carbonyl (C=O) groups is 1. The zero-order valence-electron chi connectivity index (χ0n) is 15.0. The molecule has 2 N–H and O–H groups in total. The minimum Gasteiger partial charge on any atom is -0.493 e. The molecule has 0 radical (unpaired) electrons. The van der Waals surface area contributed by atoms with Gasteiger partial charge in [0.2, 0.25) is 0 Å². The summed E-state index contributed by atoms with van der Waals surface area (Å²) in [5.74, 6) is 0.304. The highest BCUT2D eigenvalue weighted by atomic mass is 79.9. The maximum Gasteiger partial charge on any atom is 0.266 e. The van der Waals surface area contributed by atoms with Crippen LogP contribution in [-0.4, -0.2) is 28.0 Å². The van der Waals surface area contributed by atoms with E-state index in [9.17, 15) is 13.2 Å². The third-order valence-corrected chi connectivity index (χ3v) is 5.33. The van der Waals surface area contributed by atoms with Crippen LogP contribution in [0.15, 0.2) is 51.8 Å². The van der Waals surface area contributed by atoms with Gasteiger partial charge in [0.25, 0.3) is 15.9 Å². The molecular weight excluding hydrogens is 436 g/mol. The Morgan fingerprint density at radius 3 is 2.59 bits per heavy atom. The summed E-state index contributed by atoms with van der Waals surface area (Å²) in [5, 5.41) is 0. The number of hydrogen-bond acceptors (Lipinski definition) is 5. The molecule has 0 aliphatic carbocycles. The SMILES string of the molecule is CCCCOc1ccc(C(=O)NNS(=O)(=O)c2cccc(Br)c2)cc1OC. The van der Waals surface area contributed by atoms with E-state index in [0.29, 0.717) is 22.6 Å². The molecule has 0 saturated heterocycles. The monoisotopic (exact) mass is 456 g/mol. The summed E-state index contributed by atoms with van der Waals surface area (Å²) in [4.78, 5) is 14.4. The van der Waals surface area contributed by atoms with Crippen molar-refractivity contribution in [1.82, 2.24) is 10.3 Å². The fourth-order valence-corrected chi connectivity index (χ4v) is 3.57. The number of unbranched alkanes of at least 4 members (excludes halogenated alkanes) is 1. The van der Waals surface area contributed by atoms with Gasteiger partial charge >= 0.3 is 0 Å². The van der Waals surface area contributed by atoms with E-state index >= 15 is 0 Å². The maximum atomic E-state index is 12.3. The van der Waals surface area contributed by atoms with E-state index in [-0.39, 0.29) is 10.5 Å². The molecule has 0 aromatic heterocycles. The first kappa shape index (κ1) is 21.2. The van der Waals surface area contributed by atoms with Crippen molar-refractivity contribution in [1.29, 1.82) is 0 Å². The van der Waals surface area contributed by atoms with Crippen LogP contribution in [0.1, 0.15) is 30.1 Å². The fourth-order valence-electron chi connectivity index (χ4n) is 2.13. The number of amides is 1. The number of sulfonamides is 1. The average molecular weight is 457 g/mol. The number of carbonyl (C=O) groups excluding carboxylic acids is 1. The number of nitrogens with one attached hydrogen (secondary N) is 2. The van der Waals surface area contributed by atoms with Gasteiger partial charge in [0.1, 0.15) is 0 Å². The summed E-state index contributed by atoms with van der Waals surface area (Å²) < 4.78 is 36.0. The van der Waals surface area contributed by atoms with Crippen molar-refractivity contribution >= 4 is 31.9 Å². The van der Waals surface area contributed by atoms with Gasteiger partial charge in [-0.2, -0.15) is 0 Å². The van der Waals surface area contributed by atoms with Crippen LogP contribution in [0.3, 0.4) is 0 Å². The molecule has 0 aliphatic heterocycles. The van der Waals surface area contributed by atoms with Gasteiger partial charge in [-0.3, -0.25) is 10.2 Å². The fraction of sp³-hybridized carbons (Fsp3) is 0.278. The van der Waals surface area contributed by atoms with E-state index in [1.165, 1.54) is 31.4 Å². The topological polar surface area (TPSA) is 93.7 Å². The summed E-state index contributed by atoms with van der Waals surface area (Å²) >= 11 is 3.21. The normalized spacial score (nSPS) is 11.1. The molecule has 0 saturated carbocycles. The second kappa shape index (κ2) is 9.72. The van der Waals surface area contributed by atoms with E-state index in [4.69, 9.17) is 9.47 Å². The second-order valence-electron chi connectivity index (χ2n) is 5.58. The molecule has 0 aliphatic rings. The minimum absolute atomic E-state index is 0.0226. The van der Waals surface area contributed by atoms with Gasteiger partial charge in [0.05, 0.1) is 18.6 Å². The highest BCUT2D eigenvalue weighted by Gasteiger charge is 2.17. The predicted octanol–water partition coefficient (Wildman–Crippen LogP) is 3.26. The Balaban J connectivity index is 2.07. The smallest absolute Gasteiger partial charge is 0.266 e. The van der Waals surface area contributed by atoms with Gasteiger partial charge in [-0.25, -0.2) is 8.42 Å². The number of halogens is 1. The summed E-state index contributed by atoms with van der Waals surface area (Å²) in [6, 6.07) is 10.8. The van der Waals surface area contributed by atoms with Crippen LogP contribution in [0.4, 0.5) is 0 Å². The molecule has 2 aromatic rings. The molecule has 0 fully saturated rings. The van der Waals surface area contributed by atoms with Crippen LogP contribution in [0.5, 0.6) is 11.5 Å². The largest absolute Gasteiger partial charge is 0.493 e. The second-order valence-corrected chi connectivity index (χ2v) is 8.18. The minimum atomic E-state index is -3.89. The summed E-state index contributed by atoms with van der Waals surface area (Å²) in [6.07, 6.45) is 1.91. The van der Waals surface area contributed by atoms with E-state index in [1.807, 2.05) is 0 Å². The maximum absolute atomic E-state index is 12.3. The van der Waals surface area contributed by atoms with E-state index < -0.39 is 15.9 Å². The Morgan fingerprint density at radius 2 is 1.93 bits per heavy atom. The van der Waals surface area contributed by atoms with E-state index in [2.05, 4.69) is 33.1 Å². The van der Waals surface area contributed by atoms with Gasteiger partial charge in [0.15, 0.2) is 11.5 Å². The summed E-state index contributed by atoms with van der Waals surface area (Å²) in [6.45, 7) is 2.61. The molecule has 0 bridgehead atoms. The van der Waals surface area contributed by atoms with E-state index in [0.717, 1.165) is 12.8 Å². The lowest BCUT2D eigenvalue weighted by Crippen LogP contribution is -2.41. The van der Waals surface area contributed by atoms with Gasteiger partial charge in [-0.05, 0) is 42.8 Å². The quantitative estimate of drug-likeness (QED) is 0.446. The van der Waals surface area contributed by atoms with Gasteiger partial charge in [-0.1, -0.05) is 35.3 Å². The molecule has 0 heterocycles. The van der Waals surface area contributed by atoms with Gasteiger partial charge < -0.3 is 9.47 Å². The number of benzene rings is 2. The highest BCUT2D eigenvalue weighted by Crippen LogP contribution is 2.28. The van der Waals surface area contributed by atoms with Crippen molar-refractivity contribution in [2.75, 3.05) is 13.7 Å². The molecule has 9 heteroatoms. The molecule has 2 aromatic carbocycles. The first-order valence-corrected chi connectivity index (χ1v) is 10.5. The predicted molar refractivity (Wildman–Crippen MR) is 105 cm³/mol. The standard InChI is InChI=1S/C18H21BrN2O5S/c1-3-4-10-26-16-9-8-13(11-17(16)25-2)18(22)20-21-27(23,24)15-7-5-6-14(19)12-15/h5-9,11-12,21H,3-4,10H2,1-2H3,(H,20,22). The Morgan fingerprint density at radius 1 is 1.15 bits per heavy atom. The van der Waals surface area contributed by atoms with Crippen molar-refractivity contribution in [2.24, 2.45) is 0 Å². The molecular formula is C18H21BrN2O5S. The number of hydrazine groups is 1. The molecule has 0 atom stereocenters. The average Bonchev–Trinajstić information content (AvgIpc) is 2.66. The Kier molecular flexibility index (Phi) is 7.64. The van der Waals surface area contributed by atoms with Crippen LogP contribution in [0, 0.1) is 0 Å². The number of hydrogen-bond donors (Lipinski definition) is 2. The highest BCUT2D eigenvalue weighted by molar-refractivity contribution is 9.10. The number of methoxy groups -OCH3 is 1. The molecule has 27 heavy (non-hydrogen) atoms.